The molecule has 0 aromatic rings. The van der Waals surface area contributed by atoms with Crippen molar-refractivity contribution in [1.82, 2.24) is 0 Å². The van der Waals surface area contributed by atoms with Crippen molar-refractivity contribution in [2.24, 2.45) is 0 Å². The fourth-order valence-corrected chi connectivity index (χ4v) is 1.58. The first-order chi connectivity index (χ1) is 6.41. The van der Waals surface area contributed by atoms with Crippen LogP contribution in [0.4, 0.5) is 0 Å². The first-order valence-electron chi connectivity index (χ1n) is 2.61. The summed E-state index contributed by atoms with van der Waals surface area (Å²) in [6, 6.07) is 0. The van der Waals surface area contributed by atoms with Gasteiger partial charge in [-0.3, -0.25) is 4.89 Å². The van der Waals surface area contributed by atoms with Crippen LogP contribution in [-0.2, 0) is 32.4 Å². The van der Waals surface area contributed by atoms with E-state index in [9.17, 15) is 13.7 Å². The van der Waals surface area contributed by atoms with Crippen LogP contribution in [0.1, 0.15) is 0 Å². The standard InChI is InChI=1S/H5O12P3/c1-13(2,3)9-11-15(7,8)12-10-14(4,5)6/h(H,7,8)(H2,1,2,3)(H2,4,5,6). The minimum absolute atomic E-state index is 3.05. The van der Waals surface area contributed by atoms with Crippen molar-refractivity contribution in [2.45, 2.75) is 0 Å². The molecule has 92 valence electrons. The van der Waals surface area contributed by atoms with Gasteiger partial charge in [0.15, 0.2) is 0 Å². The lowest BCUT2D eigenvalue weighted by atomic mass is 14.9. The fourth-order valence-electron chi connectivity index (χ4n) is 0.184. The number of phosphoric acid groups is 3. The van der Waals surface area contributed by atoms with Gasteiger partial charge in [0.2, 0.25) is 0 Å². The predicted octanol–water partition coefficient (Wildman–Crippen LogP) is -0.831. The van der Waals surface area contributed by atoms with E-state index in [1.807, 2.05) is 0 Å². The molecule has 0 aromatic carbocycles. The molecular formula is H5O12P3. The summed E-state index contributed by atoms with van der Waals surface area (Å²) in [5, 5.41) is 0. The second-order valence-electron chi connectivity index (χ2n) is 1.75. The summed E-state index contributed by atoms with van der Waals surface area (Å²) in [6.07, 6.45) is 0. The van der Waals surface area contributed by atoms with E-state index in [-0.39, 0.29) is 0 Å². The molecule has 0 saturated carbocycles. The second-order valence-corrected chi connectivity index (χ2v) is 5.24. The molecule has 0 heterocycles. The van der Waals surface area contributed by atoms with E-state index < -0.39 is 23.5 Å². The van der Waals surface area contributed by atoms with Crippen LogP contribution in [0.3, 0.4) is 0 Å². The zero-order valence-corrected chi connectivity index (χ0v) is 9.12. The van der Waals surface area contributed by atoms with Crippen molar-refractivity contribution in [3.05, 3.63) is 0 Å². The van der Waals surface area contributed by atoms with Crippen LogP contribution in [0.2, 0.25) is 0 Å². The summed E-state index contributed by atoms with van der Waals surface area (Å²) in [5.74, 6) is 0. The lowest BCUT2D eigenvalue weighted by Crippen LogP contribution is -1.96. The van der Waals surface area contributed by atoms with Gasteiger partial charge >= 0.3 is 23.5 Å². The van der Waals surface area contributed by atoms with E-state index >= 15 is 0 Å². The highest BCUT2D eigenvalue weighted by atomic mass is 31.2. The molecule has 15 heavy (non-hydrogen) atoms. The smallest absolute Gasteiger partial charge is 0.301 e. The third kappa shape index (κ3) is 10.6. The zero-order valence-electron chi connectivity index (χ0n) is 6.44. The normalized spacial score (nSPS) is 14.2. The van der Waals surface area contributed by atoms with Crippen molar-refractivity contribution in [3.63, 3.8) is 0 Å². The van der Waals surface area contributed by atoms with Crippen LogP contribution in [0.25, 0.3) is 0 Å². The topological polar surface area (TPSA) is 189 Å². The van der Waals surface area contributed by atoms with Gasteiger partial charge in [0, 0.05) is 0 Å². The molecule has 5 N–H and O–H groups in total. The van der Waals surface area contributed by atoms with Gasteiger partial charge in [-0.2, -0.15) is 0 Å². The lowest BCUT2D eigenvalue weighted by Gasteiger charge is -2.09. The highest BCUT2D eigenvalue weighted by Crippen LogP contribution is 2.53. The van der Waals surface area contributed by atoms with Crippen molar-refractivity contribution in [2.75, 3.05) is 0 Å². The largest absolute Gasteiger partial charge is 0.527 e. The van der Waals surface area contributed by atoms with E-state index in [0.29, 0.717) is 0 Å². The summed E-state index contributed by atoms with van der Waals surface area (Å²) in [5.41, 5.74) is 0. The maximum absolute atomic E-state index is 10.5. The molecule has 0 rings (SSSR count). The Morgan fingerprint density at radius 1 is 0.600 bits per heavy atom. The van der Waals surface area contributed by atoms with Gasteiger partial charge in [0.05, 0.1) is 0 Å². The average Bonchev–Trinajstić information content (AvgIpc) is 1.96. The Hall–Kier alpha value is 0.330. The molecule has 0 aliphatic rings. The maximum Gasteiger partial charge on any atom is 0.527 e. The molecule has 0 radical (unpaired) electrons. The quantitative estimate of drug-likeness (QED) is 0.232. The number of rotatable bonds is 6. The van der Waals surface area contributed by atoms with Crippen molar-refractivity contribution < 1.29 is 56.9 Å². The molecular weight excluding hydrogens is 285 g/mol. The highest BCUT2D eigenvalue weighted by molar-refractivity contribution is 7.50. The summed E-state index contributed by atoms with van der Waals surface area (Å²) >= 11 is 0. The van der Waals surface area contributed by atoms with E-state index in [0.717, 1.165) is 0 Å². The van der Waals surface area contributed by atoms with Gasteiger partial charge in [-0.1, -0.05) is 0 Å². The van der Waals surface area contributed by atoms with Crippen LogP contribution in [-0.4, -0.2) is 24.5 Å². The number of hydrogen-bond donors (Lipinski definition) is 5. The Morgan fingerprint density at radius 3 is 1.07 bits per heavy atom. The third-order valence-electron chi connectivity index (χ3n) is 0.449. The Labute approximate surface area is 81.3 Å². The Morgan fingerprint density at radius 2 is 0.867 bits per heavy atom. The molecule has 15 heteroatoms. The maximum atomic E-state index is 10.5. The molecule has 0 fully saturated rings. The average molecular weight is 290 g/mol. The molecule has 0 unspecified atom stereocenters. The Bertz CT molecular complexity index is 297. The SMILES string of the molecule is O=P(O)(O)OOP(=O)(O)OOP(=O)(O)O. The van der Waals surface area contributed by atoms with Gasteiger partial charge in [0.25, 0.3) is 0 Å². The molecule has 0 spiro atoms. The molecule has 0 aromatic heterocycles. The Kier molecular flexibility index (Phi) is 5.22. The molecule has 12 nitrogen and oxygen atoms in total. The van der Waals surface area contributed by atoms with Gasteiger partial charge in [-0.05, 0) is 0 Å². The van der Waals surface area contributed by atoms with E-state index in [4.69, 9.17) is 24.5 Å². The summed E-state index contributed by atoms with van der Waals surface area (Å²) in [7, 11) is -15.7. The molecule has 0 atom stereocenters. The minimum Gasteiger partial charge on any atom is -0.301 e. The second kappa shape index (κ2) is 5.11. The molecule has 0 saturated heterocycles. The Balaban J connectivity index is 4.16. The van der Waals surface area contributed by atoms with Crippen molar-refractivity contribution in [1.29, 1.82) is 0 Å². The summed E-state index contributed by atoms with van der Waals surface area (Å²) in [4.78, 5) is 40.4. The van der Waals surface area contributed by atoms with Gasteiger partial charge in [-0.15, -0.1) is 18.7 Å². The summed E-state index contributed by atoms with van der Waals surface area (Å²) in [6.45, 7) is 0. The zero-order chi connectivity index (χ0) is 12.3. The first-order valence-corrected chi connectivity index (χ1v) is 7.17. The predicted molar refractivity (Wildman–Crippen MR) is 38.3 cm³/mol. The molecule has 0 aliphatic heterocycles. The van der Waals surface area contributed by atoms with E-state index in [1.54, 1.807) is 0 Å². The minimum atomic E-state index is -5.31. The van der Waals surface area contributed by atoms with Crippen molar-refractivity contribution in [3.8, 4) is 0 Å². The first kappa shape index (κ1) is 15.3. The highest BCUT2D eigenvalue weighted by Gasteiger charge is 2.33. The number of hydrogen-bond acceptors (Lipinski definition) is 7. The van der Waals surface area contributed by atoms with Gasteiger partial charge in [-0.25, -0.2) is 13.7 Å². The lowest BCUT2D eigenvalue weighted by molar-refractivity contribution is -0.204. The van der Waals surface area contributed by atoms with Crippen LogP contribution in [0.5, 0.6) is 0 Å². The van der Waals surface area contributed by atoms with Crippen molar-refractivity contribution >= 4 is 23.5 Å². The molecule has 0 aliphatic carbocycles. The fraction of sp³-hybridized carbons (Fsp3) is 0. The van der Waals surface area contributed by atoms with Gasteiger partial charge in [0.1, 0.15) is 0 Å². The molecule has 0 amide bonds. The molecule has 0 bridgehead atoms. The monoisotopic (exact) mass is 290 g/mol. The van der Waals surface area contributed by atoms with Crippen LogP contribution in [0.15, 0.2) is 0 Å². The van der Waals surface area contributed by atoms with Crippen LogP contribution < -0.4 is 0 Å². The van der Waals surface area contributed by atoms with Crippen LogP contribution >= 0.6 is 23.5 Å². The summed E-state index contributed by atoms with van der Waals surface area (Å²) < 4.78 is 42.8. The van der Waals surface area contributed by atoms with E-state index in [1.165, 1.54) is 0 Å². The van der Waals surface area contributed by atoms with Crippen LogP contribution in [0, 0.1) is 0 Å². The van der Waals surface area contributed by atoms with Gasteiger partial charge < -0.3 is 19.6 Å². The third-order valence-corrected chi connectivity index (χ3v) is 1.75. The van der Waals surface area contributed by atoms with E-state index in [2.05, 4.69) is 18.7 Å².